The summed E-state index contributed by atoms with van der Waals surface area (Å²) in [5.41, 5.74) is 0.902. The summed E-state index contributed by atoms with van der Waals surface area (Å²) in [4.78, 5) is 11.2. The number of hydrogen-bond donors (Lipinski definition) is 1. The highest BCUT2D eigenvalue weighted by molar-refractivity contribution is 5.66. The van der Waals surface area contributed by atoms with Crippen LogP contribution < -0.4 is 10.2 Å². The Morgan fingerprint density at radius 2 is 2.22 bits per heavy atom. The van der Waals surface area contributed by atoms with Gasteiger partial charge in [0.1, 0.15) is 5.82 Å². The van der Waals surface area contributed by atoms with Crippen molar-refractivity contribution in [3.8, 4) is 0 Å². The standard InChI is InChI=1S/C13H21N5/c1-5-10(3)17(4)13-12-15-7-8-18(12)9-11(16-13)14-6-2/h7-10,14H,5-6H2,1-4H3. The van der Waals surface area contributed by atoms with Gasteiger partial charge in [-0.15, -0.1) is 0 Å². The van der Waals surface area contributed by atoms with Crippen molar-refractivity contribution in [2.45, 2.75) is 33.2 Å². The van der Waals surface area contributed by atoms with Gasteiger partial charge in [0.2, 0.25) is 0 Å². The molecule has 5 nitrogen and oxygen atoms in total. The van der Waals surface area contributed by atoms with Crippen molar-refractivity contribution in [3.05, 3.63) is 18.6 Å². The first-order valence-electron chi connectivity index (χ1n) is 6.47. The quantitative estimate of drug-likeness (QED) is 0.881. The fourth-order valence-corrected chi connectivity index (χ4v) is 1.90. The van der Waals surface area contributed by atoms with Gasteiger partial charge in [0.05, 0.1) is 6.20 Å². The maximum absolute atomic E-state index is 4.66. The number of imidazole rings is 1. The molecular formula is C13H21N5. The molecule has 0 spiro atoms. The Morgan fingerprint density at radius 1 is 1.44 bits per heavy atom. The van der Waals surface area contributed by atoms with Crippen LogP contribution in [-0.4, -0.2) is 34.0 Å². The molecule has 98 valence electrons. The van der Waals surface area contributed by atoms with E-state index in [1.807, 2.05) is 16.8 Å². The zero-order valence-corrected chi connectivity index (χ0v) is 11.5. The summed E-state index contributed by atoms with van der Waals surface area (Å²) in [6.07, 6.45) is 6.81. The van der Waals surface area contributed by atoms with Crippen LogP contribution in [-0.2, 0) is 0 Å². The van der Waals surface area contributed by atoms with Gasteiger partial charge in [0.25, 0.3) is 0 Å². The molecule has 0 aliphatic carbocycles. The van der Waals surface area contributed by atoms with E-state index < -0.39 is 0 Å². The third kappa shape index (κ3) is 2.25. The van der Waals surface area contributed by atoms with E-state index in [1.165, 1.54) is 0 Å². The molecule has 1 N–H and O–H groups in total. The largest absolute Gasteiger partial charge is 0.369 e. The molecule has 0 saturated carbocycles. The second-order valence-corrected chi connectivity index (χ2v) is 4.51. The molecule has 0 aliphatic heterocycles. The number of aromatic nitrogens is 3. The number of anilines is 2. The van der Waals surface area contributed by atoms with Crippen LogP contribution in [0.1, 0.15) is 27.2 Å². The molecule has 0 saturated heterocycles. The van der Waals surface area contributed by atoms with E-state index in [2.05, 4.69) is 48.0 Å². The summed E-state index contributed by atoms with van der Waals surface area (Å²) in [5, 5.41) is 3.26. The lowest BCUT2D eigenvalue weighted by Gasteiger charge is -2.25. The summed E-state index contributed by atoms with van der Waals surface area (Å²) in [6, 6.07) is 0.440. The lowest BCUT2D eigenvalue weighted by molar-refractivity contribution is 0.657. The maximum Gasteiger partial charge on any atom is 0.180 e. The van der Waals surface area contributed by atoms with Crippen molar-refractivity contribution in [1.82, 2.24) is 14.4 Å². The minimum Gasteiger partial charge on any atom is -0.369 e. The summed E-state index contributed by atoms with van der Waals surface area (Å²) in [6.45, 7) is 7.30. The molecule has 2 heterocycles. The topological polar surface area (TPSA) is 45.5 Å². The van der Waals surface area contributed by atoms with Crippen molar-refractivity contribution in [1.29, 1.82) is 0 Å². The fourth-order valence-electron chi connectivity index (χ4n) is 1.90. The molecule has 0 aliphatic rings. The van der Waals surface area contributed by atoms with Crippen molar-refractivity contribution in [2.24, 2.45) is 0 Å². The third-order valence-corrected chi connectivity index (χ3v) is 3.30. The normalized spacial score (nSPS) is 12.7. The fraction of sp³-hybridized carbons (Fsp3) is 0.538. The molecule has 0 radical (unpaired) electrons. The average molecular weight is 247 g/mol. The lowest BCUT2D eigenvalue weighted by Crippen LogP contribution is -2.29. The third-order valence-electron chi connectivity index (χ3n) is 3.30. The van der Waals surface area contributed by atoms with Crippen LogP contribution in [0.25, 0.3) is 5.65 Å². The Bertz CT molecular complexity index is 519. The van der Waals surface area contributed by atoms with Crippen LogP contribution in [0.3, 0.4) is 0 Å². The van der Waals surface area contributed by atoms with E-state index in [1.54, 1.807) is 6.20 Å². The predicted octanol–water partition coefficient (Wildman–Crippen LogP) is 2.40. The SMILES string of the molecule is CCNc1cn2ccnc2c(N(C)C(C)CC)n1. The number of rotatable bonds is 5. The van der Waals surface area contributed by atoms with Gasteiger partial charge in [-0.3, -0.25) is 0 Å². The Hall–Kier alpha value is -1.78. The van der Waals surface area contributed by atoms with Crippen LogP contribution in [0.4, 0.5) is 11.6 Å². The molecule has 0 amide bonds. The van der Waals surface area contributed by atoms with E-state index in [-0.39, 0.29) is 0 Å². The summed E-state index contributed by atoms with van der Waals surface area (Å²) in [7, 11) is 2.07. The number of nitrogens with one attached hydrogen (secondary N) is 1. The first kappa shape index (κ1) is 12.7. The first-order valence-corrected chi connectivity index (χ1v) is 6.47. The van der Waals surface area contributed by atoms with Gasteiger partial charge in [-0.05, 0) is 20.3 Å². The van der Waals surface area contributed by atoms with E-state index in [0.29, 0.717) is 6.04 Å². The average Bonchev–Trinajstić information content (AvgIpc) is 2.84. The molecule has 1 unspecified atom stereocenters. The molecule has 2 aromatic heterocycles. The number of fused-ring (bicyclic) bond motifs is 1. The number of nitrogens with zero attached hydrogens (tertiary/aromatic N) is 4. The summed E-state index contributed by atoms with van der Waals surface area (Å²) < 4.78 is 2.01. The molecule has 1 atom stereocenters. The Balaban J connectivity index is 2.49. The van der Waals surface area contributed by atoms with Crippen molar-refractivity contribution in [3.63, 3.8) is 0 Å². The molecule has 5 heteroatoms. The zero-order chi connectivity index (χ0) is 13.1. The van der Waals surface area contributed by atoms with Crippen molar-refractivity contribution < 1.29 is 0 Å². The van der Waals surface area contributed by atoms with Crippen LogP contribution in [0.5, 0.6) is 0 Å². The zero-order valence-electron chi connectivity index (χ0n) is 11.5. The van der Waals surface area contributed by atoms with Crippen molar-refractivity contribution in [2.75, 3.05) is 23.8 Å². The van der Waals surface area contributed by atoms with Gasteiger partial charge in [-0.2, -0.15) is 0 Å². The molecule has 0 fully saturated rings. The summed E-state index contributed by atoms with van der Waals surface area (Å²) in [5.74, 6) is 1.81. The highest BCUT2D eigenvalue weighted by Crippen LogP contribution is 2.21. The van der Waals surface area contributed by atoms with Crippen LogP contribution >= 0.6 is 0 Å². The highest BCUT2D eigenvalue weighted by atomic mass is 15.2. The van der Waals surface area contributed by atoms with Gasteiger partial charge in [-0.25, -0.2) is 9.97 Å². The van der Waals surface area contributed by atoms with Gasteiger partial charge in [0, 0.05) is 32.0 Å². The Labute approximate surface area is 108 Å². The van der Waals surface area contributed by atoms with Crippen molar-refractivity contribution >= 4 is 17.3 Å². The van der Waals surface area contributed by atoms with E-state index in [4.69, 9.17) is 0 Å². The second-order valence-electron chi connectivity index (χ2n) is 4.51. The molecule has 0 bridgehead atoms. The van der Waals surface area contributed by atoms with E-state index >= 15 is 0 Å². The molecular weight excluding hydrogens is 226 g/mol. The lowest BCUT2D eigenvalue weighted by atomic mass is 10.2. The summed E-state index contributed by atoms with van der Waals surface area (Å²) >= 11 is 0. The van der Waals surface area contributed by atoms with Gasteiger partial charge >= 0.3 is 0 Å². The van der Waals surface area contributed by atoms with Gasteiger partial charge in [-0.1, -0.05) is 6.92 Å². The first-order chi connectivity index (χ1) is 8.67. The van der Waals surface area contributed by atoms with Crippen LogP contribution in [0, 0.1) is 0 Å². The van der Waals surface area contributed by atoms with Gasteiger partial charge in [0.15, 0.2) is 11.5 Å². The number of hydrogen-bond acceptors (Lipinski definition) is 4. The van der Waals surface area contributed by atoms with E-state index in [0.717, 1.165) is 30.2 Å². The molecule has 0 aromatic carbocycles. The van der Waals surface area contributed by atoms with Crippen LogP contribution in [0.15, 0.2) is 18.6 Å². The highest BCUT2D eigenvalue weighted by Gasteiger charge is 2.15. The smallest absolute Gasteiger partial charge is 0.180 e. The minimum atomic E-state index is 0.440. The Morgan fingerprint density at radius 3 is 2.89 bits per heavy atom. The Kier molecular flexibility index (Phi) is 3.69. The maximum atomic E-state index is 4.66. The molecule has 18 heavy (non-hydrogen) atoms. The second kappa shape index (κ2) is 5.25. The predicted molar refractivity (Wildman–Crippen MR) is 75.3 cm³/mol. The van der Waals surface area contributed by atoms with Crippen LogP contribution in [0.2, 0.25) is 0 Å². The molecule has 2 rings (SSSR count). The monoisotopic (exact) mass is 247 g/mol. The minimum absolute atomic E-state index is 0.440. The van der Waals surface area contributed by atoms with E-state index in [9.17, 15) is 0 Å². The molecule has 2 aromatic rings. The van der Waals surface area contributed by atoms with Gasteiger partial charge < -0.3 is 14.6 Å².